The smallest absolute Gasteiger partial charge is 0.198 e. The first kappa shape index (κ1) is 19.4. The molecule has 3 heterocycles. The Hall–Kier alpha value is -3.61. The third-order valence-electron chi connectivity index (χ3n) is 5.85. The summed E-state index contributed by atoms with van der Waals surface area (Å²) >= 11 is 0. The van der Waals surface area contributed by atoms with Gasteiger partial charge in [0.05, 0.1) is 11.3 Å². The summed E-state index contributed by atoms with van der Waals surface area (Å²) in [5, 5.41) is 3.47. The lowest BCUT2D eigenvalue weighted by Crippen LogP contribution is -2.09. The largest absolute Gasteiger partial charge is 0.386 e. The number of fused-ring (bicyclic) bond motifs is 1. The molecule has 0 radical (unpaired) electrons. The van der Waals surface area contributed by atoms with Gasteiger partial charge in [0.25, 0.3) is 0 Å². The molecule has 0 atom stereocenters. The zero-order chi connectivity index (χ0) is 21.7. The Kier molecular flexibility index (Phi) is 4.54. The molecule has 6 nitrogen and oxygen atoms in total. The minimum atomic E-state index is -0.544. The maximum atomic E-state index is 15.0. The SMILES string of the molecule is CNc1ccc(C)c(C(=O)c2cn(C)c3ncc(-c4cnc(C5CC5)nc4)cc23)c1F. The van der Waals surface area contributed by atoms with E-state index in [0.717, 1.165) is 29.8 Å². The number of benzene rings is 1. The lowest BCUT2D eigenvalue weighted by molar-refractivity contribution is 0.103. The third kappa shape index (κ3) is 3.26. The van der Waals surface area contributed by atoms with Gasteiger partial charge in [-0.05, 0) is 37.5 Å². The molecule has 1 aromatic carbocycles. The van der Waals surface area contributed by atoms with Crippen molar-refractivity contribution in [2.75, 3.05) is 12.4 Å². The van der Waals surface area contributed by atoms with Gasteiger partial charge >= 0.3 is 0 Å². The molecule has 7 heteroatoms. The molecule has 1 fully saturated rings. The van der Waals surface area contributed by atoms with Gasteiger partial charge in [0.1, 0.15) is 11.5 Å². The van der Waals surface area contributed by atoms with Crippen molar-refractivity contribution in [1.82, 2.24) is 19.5 Å². The van der Waals surface area contributed by atoms with Gasteiger partial charge in [0.15, 0.2) is 11.6 Å². The van der Waals surface area contributed by atoms with Crippen molar-refractivity contribution in [2.45, 2.75) is 25.7 Å². The second kappa shape index (κ2) is 7.27. The Bertz CT molecular complexity index is 1320. The summed E-state index contributed by atoms with van der Waals surface area (Å²) in [5.41, 5.74) is 3.68. The Morgan fingerprint density at radius 1 is 1.13 bits per heavy atom. The Balaban J connectivity index is 1.61. The van der Waals surface area contributed by atoms with Crippen molar-refractivity contribution in [1.29, 1.82) is 0 Å². The van der Waals surface area contributed by atoms with Crippen LogP contribution >= 0.6 is 0 Å². The van der Waals surface area contributed by atoms with Gasteiger partial charge in [-0.3, -0.25) is 4.79 Å². The highest BCUT2D eigenvalue weighted by molar-refractivity contribution is 6.17. The fourth-order valence-electron chi connectivity index (χ4n) is 3.92. The number of pyridine rings is 1. The van der Waals surface area contributed by atoms with Crippen molar-refractivity contribution < 1.29 is 9.18 Å². The molecule has 1 N–H and O–H groups in total. The van der Waals surface area contributed by atoms with Crippen molar-refractivity contribution in [2.24, 2.45) is 7.05 Å². The third-order valence-corrected chi connectivity index (χ3v) is 5.85. The second-order valence-corrected chi connectivity index (χ2v) is 8.05. The minimum absolute atomic E-state index is 0.0712. The highest BCUT2D eigenvalue weighted by Crippen LogP contribution is 2.38. The summed E-state index contributed by atoms with van der Waals surface area (Å²) in [4.78, 5) is 26.9. The van der Waals surface area contributed by atoms with Crippen molar-refractivity contribution >= 4 is 22.5 Å². The van der Waals surface area contributed by atoms with Gasteiger partial charge in [-0.1, -0.05) is 6.07 Å². The van der Waals surface area contributed by atoms with Crippen LogP contribution < -0.4 is 5.32 Å². The highest BCUT2D eigenvalue weighted by atomic mass is 19.1. The van der Waals surface area contributed by atoms with E-state index < -0.39 is 5.82 Å². The number of hydrogen-bond donors (Lipinski definition) is 1. The highest BCUT2D eigenvalue weighted by Gasteiger charge is 2.26. The molecule has 0 amide bonds. The van der Waals surface area contributed by atoms with E-state index >= 15 is 4.39 Å². The average molecular weight is 415 g/mol. The number of hydrogen-bond acceptors (Lipinski definition) is 5. The summed E-state index contributed by atoms with van der Waals surface area (Å²) < 4.78 is 16.8. The van der Waals surface area contributed by atoms with Crippen LogP contribution in [-0.4, -0.2) is 32.3 Å². The van der Waals surface area contributed by atoms with E-state index in [0.29, 0.717) is 33.8 Å². The maximum Gasteiger partial charge on any atom is 0.198 e. The summed E-state index contributed by atoms with van der Waals surface area (Å²) in [7, 11) is 3.46. The molecule has 3 aromatic heterocycles. The van der Waals surface area contributed by atoms with Gasteiger partial charge < -0.3 is 9.88 Å². The van der Waals surface area contributed by atoms with E-state index in [-0.39, 0.29) is 11.3 Å². The fourth-order valence-corrected chi connectivity index (χ4v) is 3.92. The van der Waals surface area contributed by atoms with E-state index in [1.165, 1.54) is 0 Å². The molecule has 1 saturated carbocycles. The first-order valence-electron chi connectivity index (χ1n) is 10.3. The number of carbonyl (C=O) groups is 1. The molecule has 156 valence electrons. The van der Waals surface area contributed by atoms with Crippen LogP contribution in [0.4, 0.5) is 10.1 Å². The molecule has 4 aromatic rings. The van der Waals surface area contributed by atoms with Crippen molar-refractivity contribution in [3.05, 3.63) is 71.3 Å². The lowest BCUT2D eigenvalue weighted by atomic mass is 9.97. The number of nitrogens with one attached hydrogen (secondary N) is 1. The van der Waals surface area contributed by atoms with Gasteiger partial charge in [-0.2, -0.15) is 0 Å². The molecule has 1 aliphatic carbocycles. The Labute approximate surface area is 179 Å². The number of aryl methyl sites for hydroxylation is 2. The summed E-state index contributed by atoms with van der Waals surface area (Å²) in [5.74, 6) is 0.456. The summed E-state index contributed by atoms with van der Waals surface area (Å²) in [6.07, 6.45) is 9.35. The van der Waals surface area contributed by atoms with Crippen LogP contribution in [0.3, 0.4) is 0 Å². The molecular formula is C24H22FN5O. The van der Waals surface area contributed by atoms with E-state index in [4.69, 9.17) is 0 Å². The minimum Gasteiger partial charge on any atom is -0.386 e. The lowest BCUT2D eigenvalue weighted by Gasteiger charge is -2.10. The van der Waals surface area contributed by atoms with Crippen LogP contribution in [0.5, 0.6) is 0 Å². The molecule has 0 aliphatic heterocycles. The van der Waals surface area contributed by atoms with Crippen LogP contribution in [0.15, 0.2) is 43.0 Å². The molecule has 5 rings (SSSR count). The zero-order valence-corrected chi connectivity index (χ0v) is 17.6. The molecular weight excluding hydrogens is 393 g/mol. The molecule has 0 bridgehead atoms. The fraction of sp³-hybridized carbons (Fsp3) is 0.250. The standard InChI is InChI=1S/C24H22FN5O/c1-13-4-7-19(26-2)21(25)20(13)22(31)18-12-30(3)24-17(18)8-15(9-29-24)16-10-27-23(28-11-16)14-5-6-14/h4,7-12,14,26H,5-6H2,1-3H3. The van der Waals surface area contributed by atoms with Gasteiger partial charge in [-0.25, -0.2) is 19.3 Å². The van der Waals surface area contributed by atoms with Crippen LogP contribution in [0.1, 0.15) is 46.1 Å². The van der Waals surface area contributed by atoms with E-state index in [9.17, 15) is 4.79 Å². The van der Waals surface area contributed by atoms with Crippen LogP contribution in [-0.2, 0) is 7.05 Å². The van der Waals surface area contributed by atoms with Crippen LogP contribution in [0, 0.1) is 12.7 Å². The second-order valence-electron chi connectivity index (χ2n) is 8.05. The molecule has 0 unspecified atom stereocenters. The van der Waals surface area contributed by atoms with Crippen LogP contribution in [0.2, 0.25) is 0 Å². The molecule has 31 heavy (non-hydrogen) atoms. The first-order valence-corrected chi connectivity index (χ1v) is 10.3. The molecule has 0 spiro atoms. The van der Waals surface area contributed by atoms with Gasteiger partial charge in [-0.15, -0.1) is 0 Å². The Morgan fingerprint density at radius 3 is 2.52 bits per heavy atom. The van der Waals surface area contributed by atoms with Gasteiger partial charge in [0, 0.05) is 66.9 Å². The number of anilines is 1. The predicted molar refractivity (Wildman–Crippen MR) is 118 cm³/mol. The quantitative estimate of drug-likeness (QED) is 0.481. The number of nitrogens with zero attached hydrogens (tertiary/aromatic N) is 4. The number of rotatable bonds is 5. The van der Waals surface area contributed by atoms with Crippen molar-refractivity contribution in [3.63, 3.8) is 0 Å². The number of aromatic nitrogens is 4. The molecule has 1 aliphatic rings. The zero-order valence-electron chi connectivity index (χ0n) is 17.6. The van der Waals surface area contributed by atoms with Crippen molar-refractivity contribution in [3.8, 4) is 11.1 Å². The number of carbonyl (C=O) groups excluding carboxylic acids is 1. The summed E-state index contributed by atoms with van der Waals surface area (Å²) in [6, 6.07) is 5.28. The molecule has 0 saturated heterocycles. The maximum absolute atomic E-state index is 15.0. The summed E-state index contributed by atoms with van der Waals surface area (Å²) in [6.45, 7) is 1.74. The number of halogens is 1. The number of ketones is 1. The van der Waals surface area contributed by atoms with E-state index in [1.807, 2.05) is 13.1 Å². The monoisotopic (exact) mass is 415 g/mol. The van der Waals surface area contributed by atoms with E-state index in [2.05, 4.69) is 20.3 Å². The predicted octanol–water partition coefficient (Wildman–Crippen LogP) is 4.63. The van der Waals surface area contributed by atoms with Gasteiger partial charge in [0.2, 0.25) is 0 Å². The van der Waals surface area contributed by atoms with E-state index in [1.54, 1.807) is 55.5 Å². The first-order chi connectivity index (χ1) is 15.0. The topological polar surface area (TPSA) is 72.7 Å². The Morgan fingerprint density at radius 2 is 1.84 bits per heavy atom. The normalized spacial score (nSPS) is 13.5. The van der Waals surface area contributed by atoms with Crippen LogP contribution in [0.25, 0.3) is 22.2 Å². The average Bonchev–Trinajstić information content (AvgIpc) is 3.58.